The van der Waals surface area contributed by atoms with E-state index in [-0.39, 0.29) is 12.5 Å². The molecule has 0 spiro atoms. The van der Waals surface area contributed by atoms with E-state index in [9.17, 15) is 4.79 Å². The van der Waals surface area contributed by atoms with E-state index in [1.807, 2.05) is 6.92 Å². The van der Waals surface area contributed by atoms with Gasteiger partial charge in [-0.3, -0.25) is 9.78 Å². The van der Waals surface area contributed by atoms with Gasteiger partial charge >= 0.3 is 0 Å². The molecule has 0 aliphatic rings. The van der Waals surface area contributed by atoms with Gasteiger partial charge in [-0.15, -0.1) is 11.3 Å². The summed E-state index contributed by atoms with van der Waals surface area (Å²) >= 11 is 19.3. The molecule has 124 valence electrons. The second-order valence-electron chi connectivity index (χ2n) is 4.70. The van der Waals surface area contributed by atoms with Crippen molar-refractivity contribution in [2.75, 3.05) is 19.7 Å². The highest BCUT2D eigenvalue weighted by molar-refractivity contribution is 7.11. The average molecular weight is 394 g/mol. The second kappa shape index (κ2) is 8.73. The first-order valence-corrected chi connectivity index (χ1v) is 8.99. The Kier molecular flexibility index (Phi) is 6.96. The van der Waals surface area contributed by atoms with Gasteiger partial charge < -0.3 is 9.64 Å². The zero-order valence-corrected chi connectivity index (χ0v) is 15.5. The minimum absolute atomic E-state index is 0.0498. The van der Waals surface area contributed by atoms with Crippen molar-refractivity contribution in [2.45, 2.75) is 13.3 Å². The normalized spacial score (nSPS) is 10.6. The van der Waals surface area contributed by atoms with E-state index in [0.717, 1.165) is 6.42 Å². The Balaban J connectivity index is 1.99. The highest BCUT2D eigenvalue weighted by Gasteiger charge is 2.17. The maximum Gasteiger partial charge on any atom is 0.265 e. The van der Waals surface area contributed by atoms with Gasteiger partial charge in [-0.25, -0.2) is 0 Å². The van der Waals surface area contributed by atoms with Crippen molar-refractivity contribution >= 4 is 52.0 Å². The fourth-order valence-electron chi connectivity index (χ4n) is 1.99. The lowest BCUT2D eigenvalue weighted by molar-refractivity contribution is 0.0735. The van der Waals surface area contributed by atoms with Gasteiger partial charge in [0.2, 0.25) is 0 Å². The van der Waals surface area contributed by atoms with Gasteiger partial charge in [-0.1, -0.05) is 41.7 Å². The Morgan fingerprint density at radius 2 is 1.96 bits per heavy atom. The number of benzene rings is 1. The van der Waals surface area contributed by atoms with Crippen LogP contribution in [-0.4, -0.2) is 35.5 Å². The fraction of sp³-hybridized carbons (Fsp3) is 0.333. The van der Waals surface area contributed by atoms with Crippen LogP contribution in [0.1, 0.15) is 23.0 Å². The van der Waals surface area contributed by atoms with Gasteiger partial charge in [0.25, 0.3) is 5.91 Å². The summed E-state index contributed by atoms with van der Waals surface area (Å²) in [5.74, 6) is 0.325. The molecule has 1 heterocycles. The summed E-state index contributed by atoms with van der Waals surface area (Å²) < 4.78 is 5.64. The monoisotopic (exact) mass is 392 g/mol. The van der Waals surface area contributed by atoms with Crippen LogP contribution in [-0.2, 0) is 0 Å². The molecular weight excluding hydrogens is 379 g/mol. The molecule has 4 nitrogen and oxygen atoms in total. The van der Waals surface area contributed by atoms with Crippen LogP contribution in [0.25, 0.3) is 0 Å². The molecule has 1 amide bonds. The van der Waals surface area contributed by atoms with Crippen molar-refractivity contribution in [1.82, 2.24) is 9.88 Å². The van der Waals surface area contributed by atoms with Crippen LogP contribution in [0.2, 0.25) is 15.1 Å². The molecule has 1 aromatic heterocycles. The first-order valence-electron chi connectivity index (χ1n) is 6.98. The highest BCUT2D eigenvalue weighted by atomic mass is 35.5. The lowest BCUT2D eigenvalue weighted by Gasteiger charge is -2.21. The molecule has 0 bridgehead atoms. The maximum absolute atomic E-state index is 12.4. The molecule has 0 atom stereocenters. The SMILES string of the molecule is CCCN(CCOc1c(Cl)cc(Cl)cc1Cl)C(=O)c1cncs1. The first-order chi connectivity index (χ1) is 11.0. The lowest BCUT2D eigenvalue weighted by Crippen LogP contribution is -2.34. The number of nitrogens with zero attached hydrogens (tertiary/aromatic N) is 2. The van der Waals surface area contributed by atoms with Crippen LogP contribution in [0.15, 0.2) is 23.8 Å². The molecular formula is C15H15Cl3N2O2S. The summed E-state index contributed by atoms with van der Waals surface area (Å²) in [5, 5.41) is 1.14. The van der Waals surface area contributed by atoms with Crippen molar-refractivity contribution in [1.29, 1.82) is 0 Å². The number of hydrogen-bond donors (Lipinski definition) is 0. The summed E-state index contributed by atoms with van der Waals surface area (Å²) in [6, 6.07) is 3.13. The van der Waals surface area contributed by atoms with Crippen molar-refractivity contribution < 1.29 is 9.53 Å². The molecule has 0 fully saturated rings. The van der Waals surface area contributed by atoms with E-state index in [4.69, 9.17) is 39.5 Å². The molecule has 0 radical (unpaired) electrons. The molecule has 23 heavy (non-hydrogen) atoms. The number of aromatic nitrogens is 1. The van der Waals surface area contributed by atoms with Crippen LogP contribution in [0.5, 0.6) is 5.75 Å². The summed E-state index contributed by atoms with van der Waals surface area (Å²) in [7, 11) is 0. The number of carbonyl (C=O) groups is 1. The standard InChI is InChI=1S/C15H15Cl3N2O2S/c1-2-3-20(15(21)13-8-19-9-23-13)4-5-22-14-11(17)6-10(16)7-12(14)18/h6-9H,2-5H2,1H3. The van der Waals surface area contributed by atoms with E-state index in [1.54, 1.807) is 28.7 Å². The summed E-state index contributed by atoms with van der Waals surface area (Å²) in [4.78, 5) is 18.7. The second-order valence-corrected chi connectivity index (χ2v) is 6.84. The molecule has 2 rings (SSSR count). The Labute approximate surface area is 153 Å². The molecule has 8 heteroatoms. The number of ether oxygens (including phenoxy) is 1. The van der Waals surface area contributed by atoms with Crippen molar-refractivity contribution in [3.63, 3.8) is 0 Å². The molecule has 0 unspecified atom stereocenters. The van der Waals surface area contributed by atoms with Crippen molar-refractivity contribution in [3.05, 3.63) is 43.8 Å². The molecule has 0 N–H and O–H groups in total. The van der Waals surface area contributed by atoms with Gasteiger partial charge in [-0.05, 0) is 18.6 Å². The third kappa shape index (κ3) is 4.98. The van der Waals surface area contributed by atoms with Crippen LogP contribution < -0.4 is 4.74 Å². The first kappa shape index (κ1) is 18.3. The van der Waals surface area contributed by atoms with Crippen LogP contribution in [0.4, 0.5) is 0 Å². The van der Waals surface area contributed by atoms with Crippen LogP contribution in [0, 0.1) is 0 Å². The maximum atomic E-state index is 12.4. The number of thiazole rings is 1. The lowest BCUT2D eigenvalue weighted by atomic mass is 10.3. The van der Waals surface area contributed by atoms with E-state index in [1.165, 1.54) is 11.3 Å². The van der Waals surface area contributed by atoms with E-state index in [2.05, 4.69) is 4.98 Å². The van der Waals surface area contributed by atoms with E-state index >= 15 is 0 Å². The Bertz CT molecular complexity index is 642. The predicted molar refractivity (Wildman–Crippen MR) is 95.3 cm³/mol. The van der Waals surface area contributed by atoms with Gasteiger partial charge in [0.05, 0.1) is 28.3 Å². The summed E-state index contributed by atoms with van der Waals surface area (Å²) in [6.45, 7) is 3.37. The molecule has 0 aliphatic heterocycles. The van der Waals surface area contributed by atoms with Crippen LogP contribution in [0.3, 0.4) is 0 Å². The molecule has 0 saturated heterocycles. The number of rotatable bonds is 7. The number of amides is 1. The molecule has 1 aromatic carbocycles. The molecule has 0 saturated carbocycles. The molecule has 2 aromatic rings. The quantitative estimate of drug-likeness (QED) is 0.662. The Hall–Kier alpha value is -1.01. The van der Waals surface area contributed by atoms with Gasteiger partial charge in [0, 0.05) is 11.6 Å². The largest absolute Gasteiger partial charge is 0.489 e. The minimum atomic E-state index is -0.0498. The predicted octanol–water partition coefficient (Wildman–Crippen LogP) is 5.03. The minimum Gasteiger partial charge on any atom is -0.489 e. The van der Waals surface area contributed by atoms with Crippen molar-refractivity contribution in [3.8, 4) is 5.75 Å². The molecule has 0 aliphatic carbocycles. The average Bonchev–Trinajstić information content (AvgIpc) is 3.02. The Morgan fingerprint density at radius 3 is 2.52 bits per heavy atom. The van der Waals surface area contributed by atoms with Gasteiger partial charge in [0.1, 0.15) is 11.5 Å². The Morgan fingerprint density at radius 1 is 1.26 bits per heavy atom. The third-order valence-electron chi connectivity index (χ3n) is 2.99. The zero-order chi connectivity index (χ0) is 16.8. The smallest absolute Gasteiger partial charge is 0.265 e. The van der Waals surface area contributed by atoms with E-state index in [0.29, 0.717) is 38.8 Å². The summed E-state index contributed by atoms with van der Waals surface area (Å²) in [5.41, 5.74) is 1.64. The van der Waals surface area contributed by atoms with Gasteiger partial charge in [0.15, 0.2) is 5.75 Å². The number of carbonyl (C=O) groups excluding carboxylic acids is 1. The fourth-order valence-corrected chi connectivity index (χ4v) is 3.50. The summed E-state index contributed by atoms with van der Waals surface area (Å²) in [6.07, 6.45) is 2.43. The highest BCUT2D eigenvalue weighted by Crippen LogP contribution is 2.35. The zero-order valence-electron chi connectivity index (χ0n) is 12.4. The van der Waals surface area contributed by atoms with Crippen molar-refractivity contribution in [2.24, 2.45) is 0 Å². The van der Waals surface area contributed by atoms with Gasteiger partial charge in [-0.2, -0.15) is 0 Å². The number of hydrogen-bond acceptors (Lipinski definition) is 4. The third-order valence-corrected chi connectivity index (χ3v) is 4.54. The number of halogens is 3. The van der Waals surface area contributed by atoms with Crippen LogP contribution >= 0.6 is 46.1 Å². The topological polar surface area (TPSA) is 42.4 Å². The van der Waals surface area contributed by atoms with E-state index < -0.39 is 0 Å².